The van der Waals surface area contributed by atoms with Crippen LogP contribution in [-0.4, -0.2) is 30.7 Å². The number of carbonyl (C=O) groups excluding carboxylic acids is 2. The number of likely N-dealkylation sites (tertiary alicyclic amines) is 1. The van der Waals surface area contributed by atoms with E-state index < -0.39 is 0 Å². The molecule has 0 unspecified atom stereocenters. The molecule has 0 spiro atoms. The molecule has 4 heteroatoms. The minimum atomic E-state index is 0.292. The Morgan fingerprint density at radius 1 is 1.57 bits per heavy atom. The zero-order valence-corrected chi connectivity index (χ0v) is 8.10. The first-order chi connectivity index (χ1) is 6.74. The standard InChI is InChI=1S/C5H9NO.C5H4O2/c1-6-4-2-3-5(6)7;6-4-5-2-1-3-7-5/h2-4H2,1H3;1-4H. The zero-order chi connectivity index (χ0) is 10.4. The molecule has 1 fully saturated rings. The largest absolute Gasteiger partial charge is 0.462 e. The van der Waals surface area contributed by atoms with Crippen molar-refractivity contribution < 1.29 is 14.0 Å². The van der Waals surface area contributed by atoms with Crippen molar-refractivity contribution in [3.05, 3.63) is 24.2 Å². The maximum Gasteiger partial charge on any atom is 0.222 e. The van der Waals surface area contributed by atoms with E-state index in [1.54, 1.807) is 17.0 Å². The fourth-order valence-corrected chi connectivity index (χ4v) is 1.14. The number of aldehydes is 1. The Hall–Kier alpha value is -1.58. The van der Waals surface area contributed by atoms with Gasteiger partial charge in [0, 0.05) is 20.0 Å². The minimum absolute atomic E-state index is 0.292. The number of hydrogen-bond acceptors (Lipinski definition) is 3. The number of amides is 1. The summed E-state index contributed by atoms with van der Waals surface area (Å²) in [6.07, 6.45) is 3.94. The van der Waals surface area contributed by atoms with Crippen LogP contribution in [0, 0.1) is 0 Å². The normalized spacial score (nSPS) is 14.9. The molecular formula is C10H13NO3. The molecule has 1 aliphatic heterocycles. The summed E-state index contributed by atoms with van der Waals surface area (Å²) in [5.41, 5.74) is 0. The molecule has 1 aliphatic rings. The monoisotopic (exact) mass is 195 g/mol. The quantitative estimate of drug-likeness (QED) is 0.635. The highest BCUT2D eigenvalue weighted by atomic mass is 16.3. The van der Waals surface area contributed by atoms with Gasteiger partial charge < -0.3 is 9.32 Å². The van der Waals surface area contributed by atoms with E-state index in [-0.39, 0.29) is 0 Å². The van der Waals surface area contributed by atoms with Gasteiger partial charge in [-0.1, -0.05) is 0 Å². The predicted octanol–water partition coefficient (Wildman–Crippen LogP) is 1.33. The smallest absolute Gasteiger partial charge is 0.222 e. The topological polar surface area (TPSA) is 50.5 Å². The van der Waals surface area contributed by atoms with Crippen LogP contribution in [0.25, 0.3) is 0 Å². The van der Waals surface area contributed by atoms with Crippen molar-refractivity contribution in [1.29, 1.82) is 0 Å². The van der Waals surface area contributed by atoms with E-state index >= 15 is 0 Å². The van der Waals surface area contributed by atoms with E-state index in [2.05, 4.69) is 4.42 Å². The van der Waals surface area contributed by atoms with Crippen molar-refractivity contribution in [1.82, 2.24) is 4.90 Å². The van der Waals surface area contributed by atoms with Gasteiger partial charge in [0.05, 0.1) is 6.26 Å². The molecule has 2 heterocycles. The first-order valence-corrected chi connectivity index (χ1v) is 4.46. The Kier molecular flexibility index (Phi) is 3.91. The van der Waals surface area contributed by atoms with E-state index in [9.17, 15) is 9.59 Å². The number of hydrogen-bond donors (Lipinski definition) is 0. The van der Waals surface area contributed by atoms with E-state index in [1.807, 2.05) is 7.05 Å². The molecule has 1 aromatic heterocycles. The molecule has 76 valence electrons. The Morgan fingerprint density at radius 2 is 2.36 bits per heavy atom. The SMILES string of the molecule is CN1CCCC1=O.O=Cc1ccco1. The third kappa shape index (κ3) is 3.05. The molecule has 2 rings (SSSR count). The van der Waals surface area contributed by atoms with Crippen molar-refractivity contribution >= 4 is 12.2 Å². The van der Waals surface area contributed by atoms with Crippen LogP contribution in [0.15, 0.2) is 22.8 Å². The fraction of sp³-hybridized carbons (Fsp3) is 0.400. The van der Waals surface area contributed by atoms with Crippen LogP contribution < -0.4 is 0 Å². The lowest BCUT2D eigenvalue weighted by atomic mass is 10.4. The highest BCUT2D eigenvalue weighted by Gasteiger charge is 2.14. The summed E-state index contributed by atoms with van der Waals surface area (Å²) >= 11 is 0. The van der Waals surface area contributed by atoms with Crippen LogP contribution in [0.3, 0.4) is 0 Å². The lowest BCUT2D eigenvalue weighted by Gasteiger charge is -2.03. The lowest BCUT2D eigenvalue weighted by molar-refractivity contribution is -0.126. The Labute approximate surface area is 82.5 Å². The van der Waals surface area contributed by atoms with Gasteiger partial charge in [-0.15, -0.1) is 0 Å². The second-order valence-electron chi connectivity index (χ2n) is 3.05. The van der Waals surface area contributed by atoms with Gasteiger partial charge in [0.1, 0.15) is 0 Å². The Bertz CT molecular complexity index is 292. The third-order valence-electron chi connectivity index (χ3n) is 1.97. The van der Waals surface area contributed by atoms with Crippen molar-refractivity contribution in [3.8, 4) is 0 Å². The number of furan rings is 1. The second kappa shape index (κ2) is 5.21. The number of carbonyl (C=O) groups is 2. The van der Waals surface area contributed by atoms with E-state index in [1.165, 1.54) is 6.26 Å². The van der Waals surface area contributed by atoms with Gasteiger partial charge >= 0.3 is 0 Å². The predicted molar refractivity (Wildman–Crippen MR) is 51.0 cm³/mol. The summed E-state index contributed by atoms with van der Waals surface area (Å²) in [5, 5.41) is 0. The molecule has 0 radical (unpaired) electrons. The zero-order valence-electron chi connectivity index (χ0n) is 8.10. The molecule has 0 bridgehead atoms. The average Bonchev–Trinajstić information content (AvgIpc) is 2.80. The van der Waals surface area contributed by atoms with Crippen LogP contribution in [0.5, 0.6) is 0 Å². The maximum absolute atomic E-state index is 10.5. The molecule has 1 amide bonds. The van der Waals surface area contributed by atoms with E-state index in [0.29, 0.717) is 18.0 Å². The van der Waals surface area contributed by atoms with Crippen LogP contribution in [-0.2, 0) is 4.79 Å². The maximum atomic E-state index is 10.5. The summed E-state index contributed by atoms with van der Waals surface area (Å²) in [5.74, 6) is 0.667. The highest BCUT2D eigenvalue weighted by molar-refractivity contribution is 5.77. The van der Waals surface area contributed by atoms with Gasteiger partial charge in [0.25, 0.3) is 0 Å². The molecule has 0 aliphatic carbocycles. The van der Waals surface area contributed by atoms with E-state index in [0.717, 1.165) is 19.4 Å². The van der Waals surface area contributed by atoms with Crippen molar-refractivity contribution in [3.63, 3.8) is 0 Å². The third-order valence-corrected chi connectivity index (χ3v) is 1.97. The summed E-state index contributed by atoms with van der Waals surface area (Å²) in [6, 6.07) is 3.27. The van der Waals surface area contributed by atoms with Crippen molar-refractivity contribution in [2.75, 3.05) is 13.6 Å². The van der Waals surface area contributed by atoms with Gasteiger partial charge in [-0.2, -0.15) is 0 Å². The number of rotatable bonds is 1. The molecule has 1 saturated heterocycles. The molecule has 1 aromatic rings. The Balaban J connectivity index is 0.000000140. The summed E-state index contributed by atoms with van der Waals surface area (Å²) < 4.78 is 4.61. The average molecular weight is 195 g/mol. The minimum Gasteiger partial charge on any atom is -0.462 e. The fourth-order valence-electron chi connectivity index (χ4n) is 1.14. The molecule has 0 N–H and O–H groups in total. The Morgan fingerprint density at radius 3 is 2.57 bits per heavy atom. The molecule has 0 atom stereocenters. The summed E-state index contributed by atoms with van der Waals surface area (Å²) in [6.45, 7) is 0.957. The first-order valence-electron chi connectivity index (χ1n) is 4.46. The van der Waals surface area contributed by atoms with Gasteiger partial charge in [-0.05, 0) is 18.6 Å². The number of nitrogens with zero attached hydrogens (tertiary/aromatic N) is 1. The van der Waals surface area contributed by atoms with Crippen molar-refractivity contribution in [2.45, 2.75) is 12.8 Å². The lowest BCUT2D eigenvalue weighted by Crippen LogP contribution is -2.17. The molecular weight excluding hydrogens is 182 g/mol. The van der Waals surface area contributed by atoms with Gasteiger partial charge in [0.2, 0.25) is 5.91 Å². The van der Waals surface area contributed by atoms with Crippen LogP contribution in [0.1, 0.15) is 23.4 Å². The van der Waals surface area contributed by atoms with Crippen molar-refractivity contribution in [2.24, 2.45) is 0 Å². The van der Waals surface area contributed by atoms with Gasteiger partial charge in [-0.3, -0.25) is 9.59 Å². The van der Waals surface area contributed by atoms with Gasteiger partial charge in [0.15, 0.2) is 12.0 Å². The highest BCUT2D eigenvalue weighted by Crippen LogP contribution is 2.04. The summed E-state index contributed by atoms with van der Waals surface area (Å²) in [7, 11) is 1.84. The first kappa shape index (κ1) is 10.5. The van der Waals surface area contributed by atoms with Gasteiger partial charge in [-0.25, -0.2) is 0 Å². The molecule has 0 aromatic carbocycles. The van der Waals surface area contributed by atoms with Crippen LogP contribution >= 0.6 is 0 Å². The second-order valence-corrected chi connectivity index (χ2v) is 3.05. The molecule has 14 heavy (non-hydrogen) atoms. The van der Waals surface area contributed by atoms with Crippen LogP contribution in [0.4, 0.5) is 0 Å². The van der Waals surface area contributed by atoms with E-state index in [4.69, 9.17) is 0 Å². The molecule has 4 nitrogen and oxygen atoms in total. The summed E-state index contributed by atoms with van der Waals surface area (Å²) in [4.78, 5) is 22.0. The van der Waals surface area contributed by atoms with Crippen LogP contribution in [0.2, 0.25) is 0 Å². The molecule has 0 saturated carbocycles.